The Balaban J connectivity index is 1.42. The van der Waals surface area contributed by atoms with E-state index in [0.29, 0.717) is 0 Å². The lowest BCUT2D eigenvalue weighted by Gasteiger charge is -2.11. The smallest absolute Gasteiger partial charge is 0.292 e. The van der Waals surface area contributed by atoms with Crippen LogP contribution in [0.25, 0.3) is 88.5 Å². The number of para-hydroxylation sites is 2. The van der Waals surface area contributed by atoms with Gasteiger partial charge in [-0.05, 0) is 71.1 Å². The SMILES string of the molecule is c1ccc(-c2ccc(-c3[nH]c(-c4ccccc4)[n+]4c3c3ccccc3c3ccc5c6ccccc6n(-c6ccccc6)c5c34)cc2)cc1. The van der Waals surface area contributed by atoms with E-state index in [4.69, 9.17) is 0 Å². The Morgan fingerprint density at radius 3 is 1.62 bits per heavy atom. The fourth-order valence-electron chi connectivity index (χ4n) is 7.66. The molecule has 3 nitrogen and oxygen atoms in total. The third-order valence-corrected chi connectivity index (χ3v) is 9.78. The van der Waals surface area contributed by atoms with Crippen LogP contribution in [0.1, 0.15) is 0 Å². The molecule has 0 fully saturated rings. The number of aromatic nitrogens is 3. The van der Waals surface area contributed by atoms with E-state index >= 15 is 0 Å². The molecule has 48 heavy (non-hydrogen) atoms. The number of H-pyrrole nitrogens is 1. The number of hydrogen-bond acceptors (Lipinski definition) is 0. The van der Waals surface area contributed by atoms with Crippen LogP contribution in [0.2, 0.25) is 0 Å². The number of imidazole rings is 1. The van der Waals surface area contributed by atoms with E-state index in [-0.39, 0.29) is 0 Å². The Morgan fingerprint density at radius 1 is 0.375 bits per heavy atom. The zero-order chi connectivity index (χ0) is 31.6. The second-order valence-electron chi connectivity index (χ2n) is 12.4. The first-order valence-electron chi connectivity index (χ1n) is 16.5. The number of rotatable bonds is 4. The minimum Gasteiger partial charge on any atom is -0.305 e. The third-order valence-electron chi connectivity index (χ3n) is 9.78. The maximum absolute atomic E-state index is 3.98. The van der Waals surface area contributed by atoms with Gasteiger partial charge in [0.15, 0.2) is 16.7 Å². The van der Waals surface area contributed by atoms with Crippen LogP contribution in [0.15, 0.2) is 176 Å². The Labute approximate surface area is 277 Å². The fourth-order valence-corrected chi connectivity index (χ4v) is 7.66. The molecule has 0 spiro atoms. The molecule has 1 N–H and O–H groups in total. The van der Waals surface area contributed by atoms with Crippen LogP contribution in [0, 0.1) is 0 Å². The van der Waals surface area contributed by atoms with E-state index < -0.39 is 0 Å². The predicted octanol–water partition coefficient (Wildman–Crippen LogP) is 11.2. The summed E-state index contributed by atoms with van der Waals surface area (Å²) in [6, 6.07) is 63.3. The van der Waals surface area contributed by atoms with Crippen molar-refractivity contribution in [3.8, 4) is 39.5 Å². The van der Waals surface area contributed by atoms with Crippen molar-refractivity contribution in [3.63, 3.8) is 0 Å². The molecule has 0 amide bonds. The van der Waals surface area contributed by atoms with Gasteiger partial charge in [0.05, 0.1) is 11.1 Å². The average molecular weight is 613 g/mol. The largest absolute Gasteiger partial charge is 0.305 e. The summed E-state index contributed by atoms with van der Waals surface area (Å²) >= 11 is 0. The molecular formula is C45H30N3+. The maximum Gasteiger partial charge on any atom is 0.292 e. The summed E-state index contributed by atoms with van der Waals surface area (Å²) in [5.74, 6) is 1.06. The van der Waals surface area contributed by atoms with Crippen molar-refractivity contribution in [3.05, 3.63) is 176 Å². The molecule has 7 aromatic carbocycles. The van der Waals surface area contributed by atoms with Gasteiger partial charge in [-0.15, -0.1) is 0 Å². The molecule has 0 atom stereocenters. The molecule has 0 aliphatic heterocycles. The van der Waals surface area contributed by atoms with Crippen LogP contribution in [-0.2, 0) is 0 Å². The highest BCUT2D eigenvalue weighted by Crippen LogP contribution is 2.41. The molecule has 0 aliphatic rings. The minimum absolute atomic E-state index is 1.06. The highest BCUT2D eigenvalue weighted by atomic mass is 15.1. The molecule has 10 rings (SSSR count). The van der Waals surface area contributed by atoms with Gasteiger partial charge < -0.3 is 4.57 Å². The maximum atomic E-state index is 3.98. The number of aromatic amines is 1. The molecule has 3 aromatic heterocycles. The molecular weight excluding hydrogens is 583 g/mol. The average Bonchev–Trinajstić information content (AvgIpc) is 3.73. The van der Waals surface area contributed by atoms with Gasteiger partial charge in [-0.25, -0.2) is 4.98 Å². The molecule has 0 saturated carbocycles. The number of hydrogen-bond donors (Lipinski definition) is 1. The minimum atomic E-state index is 1.06. The fraction of sp³-hybridized carbons (Fsp3) is 0. The normalized spacial score (nSPS) is 11.8. The van der Waals surface area contributed by atoms with Gasteiger partial charge in [0.1, 0.15) is 5.52 Å². The Morgan fingerprint density at radius 2 is 0.896 bits per heavy atom. The lowest BCUT2D eigenvalue weighted by Crippen LogP contribution is -2.25. The molecule has 3 heteroatoms. The summed E-state index contributed by atoms with van der Waals surface area (Å²) in [4.78, 5) is 3.98. The molecule has 0 unspecified atom stereocenters. The highest BCUT2D eigenvalue weighted by Gasteiger charge is 2.29. The van der Waals surface area contributed by atoms with E-state index in [1.807, 2.05) is 0 Å². The summed E-state index contributed by atoms with van der Waals surface area (Å²) < 4.78 is 4.94. The number of nitrogens with zero attached hydrogens (tertiary/aromatic N) is 2. The monoisotopic (exact) mass is 612 g/mol. The number of fused-ring (bicyclic) bond motifs is 10. The lowest BCUT2D eigenvalue weighted by molar-refractivity contribution is -0.465. The number of nitrogens with one attached hydrogen (secondary N) is 1. The van der Waals surface area contributed by atoms with Gasteiger partial charge in [-0.2, -0.15) is 4.40 Å². The zero-order valence-electron chi connectivity index (χ0n) is 26.1. The van der Waals surface area contributed by atoms with E-state index in [1.54, 1.807) is 0 Å². The Bertz CT molecular complexity index is 2790. The van der Waals surface area contributed by atoms with Crippen molar-refractivity contribution in [2.45, 2.75) is 0 Å². The van der Waals surface area contributed by atoms with Gasteiger partial charge >= 0.3 is 0 Å². The number of pyridine rings is 1. The first-order valence-corrected chi connectivity index (χ1v) is 16.5. The van der Waals surface area contributed by atoms with Crippen molar-refractivity contribution < 1.29 is 4.40 Å². The van der Waals surface area contributed by atoms with Crippen molar-refractivity contribution >= 4 is 49.0 Å². The van der Waals surface area contributed by atoms with E-state index in [0.717, 1.165) is 28.3 Å². The van der Waals surface area contributed by atoms with E-state index in [1.165, 1.54) is 60.1 Å². The van der Waals surface area contributed by atoms with E-state index in [2.05, 4.69) is 190 Å². The summed E-state index contributed by atoms with van der Waals surface area (Å²) in [5, 5.41) is 6.15. The summed E-state index contributed by atoms with van der Waals surface area (Å²) in [7, 11) is 0. The summed E-state index contributed by atoms with van der Waals surface area (Å²) in [5.41, 5.74) is 11.7. The van der Waals surface area contributed by atoms with Crippen molar-refractivity contribution in [1.29, 1.82) is 0 Å². The molecule has 0 aliphatic carbocycles. The molecule has 0 radical (unpaired) electrons. The first kappa shape index (κ1) is 26.7. The van der Waals surface area contributed by atoms with Crippen LogP contribution in [0.3, 0.4) is 0 Å². The third kappa shape index (κ3) is 3.91. The van der Waals surface area contributed by atoms with Gasteiger partial charge in [-0.1, -0.05) is 121 Å². The quantitative estimate of drug-likeness (QED) is 0.151. The molecule has 224 valence electrons. The van der Waals surface area contributed by atoms with Crippen molar-refractivity contribution in [2.75, 3.05) is 0 Å². The first-order chi connectivity index (χ1) is 23.8. The van der Waals surface area contributed by atoms with Gasteiger partial charge in [0, 0.05) is 32.8 Å². The van der Waals surface area contributed by atoms with Gasteiger partial charge in [0.25, 0.3) is 5.82 Å². The molecule has 10 aromatic rings. The summed E-state index contributed by atoms with van der Waals surface area (Å²) in [6.45, 7) is 0. The topological polar surface area (TPSA) is 24.8 Å². The van der Waals surface area contributed by atoms with Crippen LogP contribution in [0.4, 0.5) is 0 Å². The van der Waals surface area contributed by atoms with E-state index in [9.17, 15) is 0 Å². The van der Waals surface area contributed by atoms with Crippen LogP contribution in [-0.4, -0.2) is 9.55 Å². The van der Waals surface area contributed by atoms with Crippen LogP contribution in [0.5, 0.6) is 0 Å². The van der Waals surface area contributed by atoms with Gasteiger partial charge in [-0.3, -0.25) is 0 Å². The predicted molar refractivity (Wildman–Crippen MR) is 200 cm³/mol. The Hall–Kier alpha value is -6.45. The molecule has 0 saturated heterocycles. The van der Waals surface area contributed by atoms with Crippen molar-refractivity contribution in [2.24, 2.45) is 0 Å². The molecule has 3 heterocycles. The van der Waals surface area contributed by atoms with Crippen LogP contribution < -0.4 is 4.40 Å². The van der Waals surface area contributed by atoms with Crippen molar-refractivity contribution in [1.82, 2.24) is 9.55 Å². The molecule has 0 bridgehead atoms. The second-order valence-corrected chi connectivity index (χ2v) is 12.4. The lowest BCUT2D eigenvalue weighted by atomic mass is 9.99. The summed E-state index contributed by atoms with van der Waals surface area (Å²) in [6.07, 6.45) is 0. The highest BCUT2D eigenvalue weighted by molar-refractivity contribution is 6.22. The standard InChI is InChI=1S/C45H29N3/c1-4-14-30(15-5-1)31-24-26-32(27-25-31)41-42-37-22-11-10-20-35(37)38-28-29-39-36-21-12-13-23-40(36)47(34-18-8-3-9-19-34)43(39)44(38)48(42)45(46-41)33-16-6-2-7-17-33/h1-29H/p+1. The Kier molecular flexibility index (Phi) is 5.87. The number of benzene rings is 7. The van der Waals surface area contributed by atoms with Gasteiger partial charge in [0.2, 0.25) is 0 Å². The van der Waals surface area contributed by atoms with Crippen LogP contribution >= 0.6 is 0 Å². The zero-order valence-corrected chi connectivity index (χ0v) is 26.1. The second kappa shape index (κ2) is 10.5.